The van der Waals surface area contributed by atoms with Crippen LogP contribution in [0.2, 0.25) is 5.02 Å². The third-order valence-electron chi connectivity index (χ3n) is 6.59. The molecule has 0 saturated heterocycles. The Hall–Kier alpha value is -3.39. The molecule has 1 aromatic heterocycles. The highest BCUT2D eigenvalue weighted by molar-refractivity contribution is 6.33. The van der Waals surface area contributed by atoms with E-state index in [0.29, 0.717) is 40.9 Å². The van der Waals surface area contributed by atoms with Gasteiger partial charge in [0, 0.05) is 19.0 Å². The summed E-state index contributed by atoms with van der Waals surface area (Å²) in [6.45, 7) is -0.0972. The molecular formula is C27H31ClN4O4. The minimum absolute atomic E-state index is 0.0152. The lowest BCUT2D eigenvalue weighted by atomic mass is 9.95. The van der Waals surface area contributed by atoms with Crippen LogP contribution in [0.25, 0.3) is 10.9 Å². The van der Waals surface area contributed by atoms with Crippen LogP contribution in [0.3, 0.4) is 0 Å². The van der Waals surface area contributed by atoms with Gasteiger partial charge in [-0.25, -0.2) is 4.79 Å². The molecule has 1 saturated carbocycles. The number of hydrogen-bond donors (Lipinski definition) is 2. The van der Waals surface area contributed by atoms with Gasteiger partial charge in [0.05, 0.1) is 21.6 Å². The molecule has 2 amide bonds. The van der Waals surface area contributed by atoms with Gasteiger partial charge < -0.3 is 10.6 Å². The van der Waals surface area contributed by atoms with Crippen molar-refractivity contribution in [1.82, 2.24) is 14.5 Å². The molecule has 0 spiro atoms. The molecular weight excluding hydrogens is 480 g/mol. The number of halogens is 1. The SMILES string of the molecule is O=C(Cn1c(=O)n(CCCCC(=O)NC2CCCCC2)c(=O)c2ccccc21)Nc1ccccc1Cl. The lowest BCUT2D eigenvalue weighted by molar-refractivity contribution is -0.122. The van der Waals surface area contributed by atoms with Crippen LogP contribution in [0.1, 0.15) is 51.4 Å². The van der Waals surface area contributed by atoms with E-state index in [-0.39, 0.29) is 25.0 Å². The van der Waals surface area contributed by atoms with Crippen molar-refractivity contribution in [1.29, 1.82) is 0 Å². The monoisotopic (exact) mass is 510 g/mol. The minimum Gasteiger partial charge on any atom is -0.353 e. The number of amides is 2. The molecule has 0 radical (unpaired) electrons. The number of nitrogens with one attached hydrogen (secondary N) is 2. The Morgan fingerprint density at radius 3 is 2.39 bits per heavy atom. The van der Waals surface area contributed by atoms with E-state index in [9.17, 15) is 19.2 Å². The molecule has 4 rings (SSSR count). The molecule has 1 fully saturated rings. The summed E-state index contributed by atoms with van der Waals surface area (Å²) in [4.78, 5) is 51.4. The number of anilines is 1. The summed E-state index contributed by atoms with van der Waals surface area (Å²) < 4.78 is 2.46. The summed E-state index contributed by atoms with van der Waals surface area (Å²) >= 11 is 6.13. The number of para-hydroxylation sites is 2. The maximum absolute atomic E-state index is 13.3. The third kappa shape index (κ3) is 6.23. The molecule has 0 atom stereocenters. The third-order valence-corrected chi connectivity index (χ3v) is 6.92. The van der Waals surface area contributed by atoms with Crippen LogP contribution in [0.4, 0.5) is 5.69 Å². The second-order valence-electron chi connectivity index (χ2n) is 9.23. The van der Waals surface area contributed by atoms with E-state index in [1.807, 2.05) is 0 Å². The van der Waals surface area contributed by atoms with Crippen LogP contribution in [-0.4, -0.2) is 27.0 Å². The van der Waals surface area contributed by atoms with Gasteiger partial charge in [-0.15, -0.1) is 0 Å². The Labute approximate surface area is 214 Å². The highest BCUT2D eigenvalue weighted by atomic mass is 35.5. The maximum Gasteiger partial charge on any atom is 0.331 e. The van der Waals surface area contributed by atoms with Crippen LogP contribution in [0, 0.1) is 0 Å². The molecule has 0 unspecified atom stereocenters. The van der Waals surface area contributed by atoms with E-state index in [0.717, 1.165) is 30.3 Å². The fraction of sp³-hybridized carbons (Fsp3) is 0.407. The second kappa shape index (κ2) is 12.0. The zero-order valence-corrected chi connectivity index (χ0v) is 20.9. The van der Waals surface area contributed by atoms with Gasteiger partial charge in [0.1, 0.15) is 6.54 Å². The Morgan fingerprint density at radius 2 is 1.61 bits per heavy atom. The van der Waals surface area contributed by atoms with Gasteiger partial charge in [-0.2, -0.15) is 0 Å². The highest BCUT2D eigenvalue weighted by Crippen LogP contribution is 2.20. The summed E-state index contributed by atoms with van der Waals surface area (Å²) in [5.41, 5.74) is -0.115. The summed E-state index contributed by atoms with van der Waals surface area (Å²) in [5.74, 6) is -0.415. The molecule has 8 nitrogen and oxygen atoms in total. The Bertz CT molecular complexity index is 1360. The van der Waals surface area contributed by atoms with E-state index in [1.54, 1.807) is 48.5 Å². The maximum atomic E-state index is 13.3. The van der Waals surface area contributed by atoms with Gasteiger partial charge in [-0.3, -0.25) is 23.5 Å². The molecule has 2 aromatic carbocycles. The molecule has 1 heterocycles. The molecule has 3 aromatic rings. The van der Waals surface area contributed by atoms with E-state index in [2.05, 4.69) is 10.6 Å². The lowest BCUT2D eigenvalue weighted by Crippen LogP contribution is -2.42. The van der Waals surface area contributed by atoms with Crippen LogP contribution >= 0.6 is 11.6 Å². The van der Waals surface area contributed by atoms with Crippen molar-refractivity contribution in [3.05, 3.63) is 74.4 Å². The number of hydrogen-bond acceptors (Lipinski definition) is 4. The molecule has 9 heteroatoms. The second-order valence-corrected chi connectivity index (χ2v) is 9.64. The van der Waals surface area contributed by atoms with Crippen molar-refractivity contribution in [3.63, 3.8) is 0 Å². The first-order valence-corrected chi connectivity index (χ1v) is 12.9. The van der Waals surface area contributed by atoms with Gasteiger partial charge >= 0.3 is 5.69 Å². The quantitative estimate of drug-likeness (QED) is 0.423. The fourth-order valence-electron chi connectivity index (χ4n) is 4.72. The van der Waals surface area contributed by atoms with Crippen LogP contribution < -0.4 is 21.9 Å². The average Bonchev–Trinajstić information content (AvgIpc) is 2.88. The number of aromatic nitrogens is 2. The van der Waals surface area contributed by atoms with E-state index in [4.69, 9.17) is 11.6 Å². The van der Waals surface area contributed by atoms with Crippen molar-refractivity contribution in [2.24, 2.45) is 0 Å². The topological polar surface area (TPSA) is 102 Å². The van der Waals surface area contributed by atoms with E-state index in [1.165, 1.54) is 11.0 Å². The van der Waals surface area contributed by atoms with Crippen molar-refractivity contribution in [3.8, 4) is 0 Å². The molecule has 1 aliphatic rings. The Kier molecular flexibility index (Phi) is 8.59. The molecule has 2 N–H and O–H groups in total. The standard InChI is InChI=1S/C27H31ClN4O4/c28-21-13-5-6-14-22(21)30-25(34)18-32-23-15-7-4-12-20(23)26(35)31(27(32)36)17-9-8-16-24(33)29-19-10-2-1-3-11-19/h4-7,12-15,19H,1-3,8-11,16-18H2,(H,29,33)(H,30,34). The number of carbonyl (C=O) groups excluding carboxylic acids is 2. The van der Waals surface area contributed by atoms with Crippen LogP contribution in [0.15, 0.2) is 58.1 Å². The fourth-order valence-corrected chi connectivity index (χ4v) is 4.90. The van der Waals surface area contributed by atoms with E-state index >= 15 is 0 Å². The zero-order valence-electron chi connectivity index (χ0n) is 20.2. The Balaban J connectivity index is 1.46. The summed E-state index contributed by atoms with van der Waals surface area (Å²) in [7, 11) is 0. The number of rotatable bonds is 9. The largest absolute Gasteiger partial charge is 0.353 e. The predicted octanol–water partition coefficient (Wildman–Crippen LogP) is 4.07. The smallest absolute Gasteiger partial charge is 0.331 e. The lowest BCUT2D eigenvalue weighted by Gasteiger charge is -2.22. The van der Waals surface area contributed by atoms with Gasteiger partial charge in [-0.1, -0.05) is 55.1 Å². The number of carbonyl (C=O) groups is 2. The number of fused-ring (bicyclic) bond motifs is 1. The minimum atomic E-state index is -0.556. The highest BCUT2D eigenvalue weighted by Gasteiger charge is 2.17. The van der Waals surface area contributed by atoms with Crippen molar-refractivity contribution in [2.75, 3.05) is 5.32 Å². The average molecular weight is 511 g/mol. The van der Waals surface area contributed by atoms with Crippen molar-refractivity contribution >= 4 is 40.0 Å². The molecule has 190 valence electrons. The van der Waals surface area contributed by atoms with Gasteiger partial charge in [0.2, 0.25) is 11.8 Å². The van der Waals surface area contributed by atoms with Gasteiger partial charge in [-0.05, 0) is 49.9 Å². The van der Waals surface area contributed by atoms with Crippen molar-refractivity contribution < 1.29 is 9.59 Å². The van der Waals surface area contributed by atoms with Crippen LogP contribution in [-0.2, 0) is 22.7 Å². The summed E-state index contributed by atoms with van der Waals surface area (Å²) in [6, 6.07) is 13.8. The van der Waals surface area contributed by atoms with Gasteiger partial charge in [0.25, 0.3) is 5.56 Å². The first-order valence-electron chi connectivity index (χ1n) is 12.5. The first-order chi connectivity index (χ1) is 17.4. The predicted molar refractivity (Wildman–Crippen MR) is 141 cm³/mol. The van der Waals surface area contributed by atoms with Gasteiger partial charge in [0.15, 0.2) is 0 Å². The molecule has 36 heavy (non-hydrogen) atoms. The van der Waals surface area contributed by atoms with E-state index < -0.39 is 17.2 Å². The molecule has 1 aliphatic carbocycles. The normalized spacial score (nSPS) is 14.0. The zero-order chi connectivity index (χ0) is 25.5. The summed E-state index contributed by atoms with van der Waals surface area (Å²) in [6.07, 6.45) is 7.00. The number of unbranched alkanes of at least 4 members (excludes halogenated alkanes) is 1. The first kappa shape index (κ1) is 25.7. The van der Waals surface area contributed by atoms with Crippen LogP contribution in [0.5, 0.6) is 0 Å². The summed E-state index contributed by atoms with van der Waals surface area (Å²) in [5, 5.41) is 6.56. The number of benzene rings is 2. The van der Waals surface area contributed by atoms with Crippen molar-refractivity contribution in [2.45, 2.75) is 70.5 Å². The number of nitrogens with zero attached hydrogens (tertiary/aromatic N) is 2. The Morgan fingerprint density at radius 1 is 0.889 bits per heavy atom. The molecule has 0 bridgehead atoms. The molecule has 0 aliphatic heterocycles.